The van der Waals surface area contributed by atoms with Gasteiger partial charge in [0, 0.05) is 30.4 Å². The summed E-state index contributed by atoms with van der Waals surface area (Å²) in [6.45, 7) is 4.76. The van der Waals surface area contributed by atoms with Crippen LogP contribution in [0.1, 0.15) is 44.6 Å². The number of amides is 1. The van der Waals surface area contributed by atoms with E-state index in [4.69, 9.17) is 0 Å². The Morgan fingerprint density at radius 3 is 2.65 bits per heavy atom. The van der Waals surface area contributed by atoms with Gasteiger partial charge in [-0.1, -0.05) is 25.3 Å². The molecule has 1 aliphatic rings. The average Bonchev–Trinajstić information content (AvgIpc) is 2.55. The summed E-state index contributed by atoms with van der Waals surface area (Å²) in [4.78, 5) is 24.9. The summed E-state index contributed by atoms with van der Waals surface area (Å²) in [7, 11) is 0. The fourth-order valence-electron chi connectivity index (χ4n) is 3.22. The Balaban J connectivity index is 1.99. The smallest absolute Gasteiger partial charge is 0.271 e. The number of carbonyl (C=O) groups is 1. The van der Waals surface area contributed by atoms with Crippen molar-refractivity contribution in [1.82, 2.24) is 4.90 Å². The van der Waals surface area contributed by atoms with Gasteiger partial charge in [0.1, 0.15) is 0 Å². The standard InChI is InChI=1S/C17H25N3O3/c1-3-19(14-7-5-4-6-8-14)17(21)12-18-16-11-15(20(22)23)10-9-13(16)2/h9-11,14,18H,3-8,12H2,1-2H3. The van der Waals surface area contributed by atoms with Gasteiger partial charge < -0.3 is 10.2 Å². The Hall–Kier alpha value is -2.11. The number of nitro benzene ring substituents is 1. The zero-order valence-corrected chi connectivity index (χ0v) is 13.9. The zero-order chi connectivity index (χ0) is 16.8. The number of benzene rings is 1. The first-order chi connectivity index (χ1) is 11.0. The van der Waals surface area contributed by atoms with Crippen LogP contribution < -0.4 is 5.32 Å². The highest BCUT2D eigenvalue weighted by molar-refractivity contribution is 5.81. The van der Waals surface area contributed by atoms with Crippen LogP contribution in [0.25, 0.3) is 0 Å². The summed E-state index contributed by atoms with van der Waals surface area (Å²) >= 11 is 0. The van der Waals surface area contributed by atoms with E-state index >= 15 is 0 Å². The number of nitro groups is 1. The number of nitrogens with one attached hydrogen (secondary N) is 1. The third-order valence-corrected chi connectivity index (χ3v) is 4.54. The van der Waals surface area contributed by atoms with E-state index in [0.717, 1.165) is 18.4 Å². The molecular weight excluding hydrogens is 294 g/mol. The molecule has 0 aromatic heterocycles. The van der Waals surface area contributed by atoms with E-state index in [9.17, 15) is 14.9 Å². The molecule has 0 heterocycles. The Morgan fingerprint density at radius 2 is 2.04 bits per heavy atom. The number of anilines is 1. The van der Waals surface area contributed by atoms with Crippen LogP contribution in [0.2, 0.25) is 0 Å². The second-order valence-corrected chi connectivity index (χ2v) is 6.08. The van der Waals surface area contributed by atoms with Crippen LogP contribution in [0.5, 0.6) is 0 Å². The van der Waals surface area contributed by atoms with Crippen LogP contribution in [-0.2, 0) is 4.79 Å². The monoisotopic (exact) mass is 319 g/mol. The Morgan fingerprint density at radius 1 is 1.35 bits per heavy atom. The maximum Gasteiger partial charge on any atom is 0.271 e. The van der Waals surface area contributed by atoms with E-state index in [2.05, 4.69) is 5.32 Å². The molecule has 1 N–H and O–H groups in total. The van der Waals surface area contributed by atoms with E-state index in [1.165, 1.54) is 31.4 Å². The number of hydrogen-bond acceptors (Lipinski definition) is 4. The number of rotatable bonds is 6. The van der Waals surface area contributed by atoms with Gasteiger partial charge in [-0.05, 0) is 32.3 Å². The van der Waals surface area contributed by atoms with Crippen LogP contribution in [0, 0.1) is 17.0 Å². The fraction of sp³-hybridized carbons (Fsp3) is 0.588. The van der Waals surface area contributed by atoms with Crippen LogP contribution in [0.3, 0.4) is 0 Å². The topological polar surface area (TPSA) is 75.5 Å². The summed E-state index contributed by atoms with van der Waals surface area (Å²) in [5.74, 6) is 0.0605. The lowest BCUT2D eigenvalue weighted by Gasteiger charge is -2.33. The number of nitrogens with zero attached hydrogens (tertiary/aromatic N) is 2. The molecule has 23 heavy (non-hydrogen) atoms. The van der Waals surface area contributed by atoms with Gasteiger partial charge in [-0.3, -0.25) is 14.9 Å². The summed E-state index contributed by atoms with van der Waals surface area (Å²) < 4.78 is 0. The molecule has 6 nitrogen and oxygen atoms in total. The van der Waals surface area contributed by atoms with Gasteiger partial charge >= 0.3 is 0 Å². The van der Waals surface area contributed by atoms with Crippen molar-refractivity contribution in [2.24, 2.45) is 0 Å². The summed E-state index contributed by atoms with van der Waals surface area (Å²) in [5.41, 5.74) is 1.57. The molecule has 126 valence electrons. The molecule has 0 spiro atoms. The highest BCUT2D eigenvalue weighted by atomic mass is 16.6. The quantitative estimate of drug-likeness (QED) is 0.643. The first-order valence-electron chi connectivity index (χ1n) is 8.31. The predicted octanol–water partition coefficient (Wildman–Crippen LogP) is 3.50. The highest BCUT2D eigenvalue weighted by Crippen LogP contribution is 2.24. The minimum atomic E-state index is -0.424. The minimum Gasteiger partial charge on any atom is -0.376 e. The molecule has 1 amide bonds. The molecule has 0 aliphatic heterocycles. The number of non-ortho nitro benzene ring substituents is 1. The van der Waals surface area contributed by atoms with Gasteiger partial charge in [0.25, 0.3) is 5.69 Å². The van der Waals surface area contributed by atoms with Gasteiger partial charge in [0.05, 0.1) is 11.5 Å². The molecule has 6 heteroatoms. The van der Waals surface area contributed by atoms with Crippen molar-refractivity contribution in [2.75, 3.05) is 18.4 Å². The van der Waals surface area contributed by atoms with E-state index < -0.39 is 4.92 Å². The van der Waals surface area contributed by atoms with Crippen molar-refractivity contribution in [3.63, 3.8) is 0 Å². The Labute approximate surface area is 137 Å². The largest absolute Gasteiger partial charge is 0.376 e. The lowest BCUT2D eigenvalue weighted by Crippen LogP contribution is -2.44. The van der Waals surface area contributed by atoms with E-state index in [-0.39, 0.29) is 18.1 Å². The fourth-order valence-corrected chi connectivity index (χ4v) is 3.22. The molecule has 2 rings (SSSR count). The average molecular weight is 319 g/mol. The second-order valence-electron chi connectivity index (χ2n) is 6.08. The summed E-state index contributed by atoms with van der Waals surface area (Å²) in [5, 5.41) is 13.9. The first-order valence-corrected chi connectivity index (χ1v) is 8.31. The van der Waals surface area contributed by atoms with Crippen molar-refractivity contribution < 1.29 is 9.72 Å². The van der Waals surface area contributed by atoms with Gasteiger partial charge in [-0.25, -0.2) is 0 Å². The molecule has 0 radical (unpaired) electrons. The summed E-state index contributed by atoms with van der Waals surface area (Å²) in [6, 6.07) is 5.00. The van der Waals surface area contributed by atoms with Gasteiger partial charge in [-0.2, -0.15) is 0 Å². The molecule has 0 atom stereocenters. The molecule has 1 aromatic carbocycles. The molecule has 1 aromatic rings. The molecule has 1 fully saturated rings. The number of carbonyl (C=O) groups excluding carboxylic acids is 1. The van der Waals surface area contributed by atoms with E-state index in [0.29, 0.717) is 18.3 Å². The maximum absolute atomic E-state index is 12.5. The first kappa shape index (κ1) is 17.2. The van der Waals surface area contributed by atoms with Crippen molar-refractivity contribution >= 4 is 17.3 Å². The second kappa shape index (κ2) is 7.94. The molecule has 0 bridgehead atoms. The number of aryl methyl sites for hydroxylation is 1. The number of hydrogen-bond donors (Lipinski definition) is 1. The maximum atomic E-state index is 12.5. The van der Waals surface area contributed by atoms with Crippen LogP contribution in [0.4, 0.5) is 11.4 Å². The Kier molecular flexibility index (Phi) is 5.96. The number of likely N-dealkylation sites (N-methyl/N-ethyl adjacent to an activating group) is 1. The van der Waals surface area contributed by atoms with Crippen molar-refractivity contribution in [2.45, 2.75) is 52.0 Å². The third-order valence-electron chi connectivity index (χ3n) is 4.54. The zero-order valence-electron chi connectivity index (χ0n) is 13.9. The van der Waals surface area contributed by atoms with Crippen molar-refractivity contribution in [3.05, 3.63) is 33.9 Å². The lowest BCUT2D eigenvalue weighted by molar-refractivity contribution is -0.384. The van der Waals surface area contributed by atoms with Crippen LogP contribution >= 0.6 is 0 Å². The normalized spacial score (nSPS) is 15.2. The Bertz CT molecular complexity index is 568. The van der Waals surface area contributed by atoms with Crippen molar-refractivity contribution in [3.8, 4) is 0 Å². The summed E-state index contributed by atoms with van der Waals surface area (Å²) in [6.07, 6.45) is 5.79. The van der Waals surface area contributed by atoms with Crippen LogP contribution in [-0.4, -0.2) is 34.9 Å². The van der Waals surface area contributed by atoms with Crippen LogP contribution in [0.15, 0.2) is 18.2 Å². The van der Waals surface area contributed by atoms with Gasteiger partial charge in [-0.15, -0.1) is 0 Å². The van der Waals surface area contributed by atoms with E-state index in [1.54, 1.807) is 6.07 Å². The molecule has 0 unspecified atom stereocenters. The van der Waals surface area contributed by atoms with Gasteiger partial charge in [0.15, 0.2) is 0 Å². The highest BCUT2D eigenvalue weighted by Gasteiger charge is 2.23. The minimum absolute atomic E-state index is 0.0326. The lowest BCUT2D eigenvalue weighted by atomic mass is 9.94. The molecule has 0 saturated heterocycles. The molecule has 1 aliphatic carbocycles. The molecular formula is C17H25N3O3. The van der Waals surface area contributed by atoms with Gasteiger partial charge in [0.2, 0.25) is 5.91 Å². The predicted molar refractivity (Wildman–Crippen MR) is 90.6 cm³/mol. The van der Waals surface area contributed by atoms with E-state index in [1.807, 2.05) is 18.7 Å². The van der Waals surface area contributed by atoms with Crippen molar-refractivity contribution in [1.29, 1.82) is 0 Å². The SMILES string of the molecule is CCN(C(=O)CNc1cc([N+](=O)[O-])ccc1C)C1CCCCC1. The molecule has 1 saturated carbocycles. The third kappa shape index (κ3) is 4.43.